The number of thioether (sulfide) groups is 1. The first-order valence-corrected chi connectivity index (χ1v) is 6.35. The molecule has 0 saturated heterocycles. The van der Waals surface area contributed by atoms with Crippen molar-refractivity contribution in [1.82, 2.24) is 5.32 Å². The summed E-state index contributed by atoms with van der Waals surface area (Å²) in [6.45, 7) is 4.82. The van der Waals surface area contributed by atoms with Gasteiger partial charge < -0.3 is 15.5 Å². The molecular weight excluding hydrogens is 214 g/mol. The molecule has 0 aliphatic carbocycles. The fraction of sp³-hybridized carbons (Fsp3) is 0.900. The van der Waals surface area contributed by atoms with E-state index in [1.807, 2.05) is 13.8 Å². The van der Waals surface area contributed by atoms with Crippen molar-refractivity contribution in [2.45, 2.75) is 38.0 Å². The van der Waals surface area contributed by atoms with Crippen molar-refractivity contribution < 1.29 is 15.0 Å². The summed E-state index contributed by atoms with van der Waals surface area (Å²) in [5.74, 6) is 0.0257. The number of aliphatic hydroxyl groups is 1. The van der Waals surface area contributed by atoms with Crippen LogP contribution in [0.2, 0.25) is 0 Å². The Labute approximate surface area is 95.4 Å². The molecule has 4 nitrogen and oxygen atoms in total. The second-order valence-electron chi connectivity index (χ2n) is 3.43. The first-order valence-electron chi connectivity index (χ1n) is 5.30. The van der Waals surface area contributed by atoms with Crippen LogP contribution in [0.25, 0.3) is 0 Å². The molecule has 0 bridgehead atoms. The molecule has 2 unspecified atom stereocenters. The number of carboxylic acids is 1. The highest BCUT2D eigenvalue weighted by Gasteiger charge is 2.15. The second-order valence-corrected chi connectivity index (χ2v) is 4.98. The normalized spacial score (nSPS) is 14.9. The molecule has 3 N–H and O–H groups in total. The maximum absolute atomic E-state index is 10.8. The van der Waals surface area contributed by atoms with E-state index in [-0.39, 0.29) is 6.61 Å². The zero-order valence-electron chi connectivity index (χ0n) is 9.40. The lowest BCUT2D eigenvalue weighted by atomic mass is 10.2. The zero-order chi connectivity index (χ0) is 11.7. The Morgan fingerprint density at radius 2 is 2.13 bits per heavy atom. The lowest BCUT2D eigenvalue weighted by molar-refractivity contribution is -0.139. The summed E-state index contributed by atoms with van der Waals surface area (Å²) in [7, 11) is 0. The fourth-order valence-corrected chi connectivity index (χ4v) is 2.26. The van der Waals surface area contributed by atoms with Gasteiger partial charge in [-0.05, 0) is 25.1 Å². The van der Waals surface area contributed by atoms with Crippen molar-refractivity contribution >= 4 is 17.7 Å². The number of aliphatic carboxylic acids is 1. The number of aliphatic hydroxyl groups excluding tert-OH is 1. The van der Waals surface area contributed by atoms with Crippen LogP contribution in [-0.4, -0.2) is 46.4 Å². The molecule has 0 spiro atoms. The smallest absolute Gasteiger partial charge is 0.320 e. The van der Waals surface area contributed by atoms with Crippen LogP contribution in [0, 0.1) is 0 Å². The molecule has 0 amide bonds. The Balaban J connectivity index is 3.65. The van der Waals surface area contributed by atoms with Crippen LogP contribution in [0.3, 0.4) is 0 Å². The standard InChI is InChI=1S/C10H21NO3S/c1-3-11-9(10(13)14)5-7-15-8(2)4-6-12/h8-9,11-12H,3-7H2,1-2H3,(H,13,14). The monoisotopic (exact) mass is 235 g/mol. The van der Waals surface area contributed by atoms with Crippen molar-refractivity contribution in [3.05, 3.63) is 0 Å². The predicted octanol–water partition coefficient (Wildman–Crippen LogP) is 0.943. The lowest BCUT2D eigenvalue weighted by Crippen LogP contribution is -2.37. The van der Waals surface area contributed by atoms with Crippen LogP contribution in [-0.2, 0) is 4.79 Å². The maximum atomic E-state index is 10.8. The number of likely N-dealkylation sites (N-methyl/N-ethyl adjacent to an activating group) is 1. The zero-order valence-corrected chi connectivity index (χ0v) is 10.2. The SMILES string of the molecule is CCNC(CCSC(C)CCO)C(=O)O. The summed E-state index contributed by atoms with van der Waals surface area (Å²) < 4.78 is 0. The van der Waals surface area contributed by atoms with Gasteiger partial charge in [-0.1, -0.05) is 13.8 Å². The number of carbonyl (C=O) groups is 1. The molecule has 0 aromatic heterocycles. The molecule has 0 heterocycles. The van der Waals surface area contributed by atoms with Crippen LogP contribution in [0.1, 0.15) is 26.7 Å². The van der Waals surface area contributed by atoms with Crippen molar-refractivity contribution in [1.29, 1.82) is 0 Å². The summed E-state index contributed by atoms with van der Waals surface area (Å²) in [6, 6.07) is -0.441. The third kappa shape index (κ3) is 7.64. The summed E-state index contributed by atoms with van der Waals surface area (Å²) in [4.78, 5) is 10.8. The molecule has 0 rings (SSSR count). The van der Waals surface area contributed by atoms with Gasteiger partial charge in [0.1, 0.15) is 6.04 Å². The maximum Gasteiger partial charge on any atom is 0.320 e. The molecule has 0 radical (unpaired) electrons. The van der Waals surface area contributed by atoms with Gasteiger partial charge in [-0.15, -0.1) is 0 Å². The Morgan fingerprint density at radius 1 is 1.47 bits per heavy atom. The number of carboxylic acid groups (broad SMARTS) is 1. The number of hydrogen-bond acceptors (Lipinski definition) is 4. The Bertz CT molecular complexity index is 178. The molecular formula is C10H21NO3S. The Hall–Kier alpha value is -0.260. The summed E-state index contributed by atoms with van der Waals surface area (Å²) in [5.41, 5.74) is 0. The predicted molar refractivity (Wildman–Crippen MR) is 63.3 cm³/mol. The van der Waals surface area contributed by atoms with E-state index in [0.29, 0.717) is 18.2 Å². The van der Waals surface area contributed by atoms with Crippen molar-refractivity contribution in [3.63, 3.8) is 0 Å². The van der Waals surface area contributed by atoms with E-state index in [4.69, 9.17) is 10.2 Å². The third-order valence-corrected chi connectivity index (χ3v) is 3.37. The topological polar surface area (TPSA) is 69.6 Å². The van der Waals surface area contributed by atoms with E-state index in [0.717, 1.165) is 12.2 Å². The van der Waals surface area contributed by atoms with Crippen LogP contribution >= 0.6 is 11.8 Å². The third-order valence-electron chi connectivity index (χ3n) is 2.09. The number of rotatable bonds is 9. The van der Waals surface area contributed by atoms with Gasteiger partial charge in [0.05, 0.1) is 0 Å². The Morgan fingerprint density at radius 3 is 2.60 bits per heavy atom. The fourth-order valence-electron chi connectivity index (χ4n) is 1.21. The van der Waals surface area contributed by atoms with E-state index in [1.54, 1.807) is 11.8 Å². The lowest BCUT2D eigenvalue weighted by Gasteiger charge is -2.14. The van der Waals surface area contributed by atoms with E-state index in [9.17, 15) is 4.79 Å². The quantitative estimate of drug-likeness (QED) is 0.555. The first kappa shape index (κ1) is 14.7. The molecule has 0 aromatic carbocycles. The van der Waals surface area contributed by atoms with E-state index in [2.05, 4.69) is 5.32 Å². The van der Waals surface area contributed by atoms with Gasteiger partial charge in [-0.2, -0.15) is 11.8 Å². The van der Waals surface area contributed by atoms with Gasteiger partial charge >= 0.3 is 5.97 Å². The van der Waals surface area contributed by atoms with Gasteiger partial charge in [0.15, 0.2) is 0 Å². The molecule has 5 heteroatoms. The molecule has 0 aromatic rings. The first-order chi connectivity index (χ1) is 7.11. The van der Waals surface area contributed by atoms with E-state index >= 15 is 0 Å². The molecule has 90 valence electrons. The average molecular weight is 235 g/mol. The molecule has 0 saturated carbocycles. The van der Waals surface area contributed by atoms with Gasteiger partial charge in [0.25, 0.3) is 0 Å². The highest BCUT2D eigenvalue weighted by molar-refractivity contribution is 7.99. The summed E-state index contributed by atoms with van der Waals surface area (Å²) in [5, 5.41) is 20.9. The summed E-state index contributed by atoms with van der Waals surface area (Å²) in [6.07, 6.45) is 1.40. The molecule has 0 aliphatic rings. The van der Waals surface area contributed by atoms with Crippen LogP contribution < -0.4 is 5.32 Å². The molecule has 0 fully saturated rings. The number of hydrogen-bond donors (Lipinski definition) is 3. The van der Waals surface area contributed by atoms with Crippen molar-refractivity contribution in [2.75, 3.05) is 18.9 Å². The van der Waals surface area contributed by atoms with Gasteiger partial charge in [0.2, 0.25) is 0 Å². The minimum Gasteiger partial charge on any atom is -0.480 e. The van der Waals surface area contributed by atoms with Crippen molar-refractivity contribution in [3.8, 4) is 0 Å². The molecule has 15 heavy (non-hydrogen) atoms. The van der Waals surface area contributed by atoms with Crippen LogP contribution in [0.4, 0.5) is 0 Å². The highest BCUT2D eigenvalue weighted by Crippen LogP contribution is 2.15. The molecule has 0 aliphatic heterocycles. The van der Waals surface area contributed by atoms with E-state index < -0.39 is 12.0 Å². The largest absolute Gasteiger partial charge is 0.480 e. The highest BCUT2D eigenvalue weighted by atomic mass is 32.2. The van der Waals surface area contributed by atoms with Gasteiger partial charge in [0, 0.05) is 11.9 Å². The van der Waals surface area contributed by atoms with Gasteiger partial charge in [-0.3, -0.25) is 4.79 Å². The molecule has 2 atom stereocenters. The van der Waals surface area contributed by atoms with Crippen LogP contribution in [0.15, 0.2) is 0 Å². The Kier molecular flexibility index (Phi) is 8.85. The minimum atomic E-state index is -0.785. The van der Waals surface area contributed by atoms with Crippen molar-refractivity contribution in [2.24, 2.45) is 0 Å². The minimum absolute atomic E-state index is 0.198. The van der Waals surface area contributed by atoms with Gasteiger partial charge in [-0.25, -0.2) is 0 Å². The van der Waals surface area contributed by atoms with Crippen LogP contribution in [0.5, 0.6) is 0 Å². The van der Waals surface area contributed by atoms with E-state index in [1.165, 1.54) is 0 Å². The summed E-state index contributed by atoms with van der Waals surface area (Å²) >= 11 is 1.71. The number of nitrogens with one attached hydrogen (secondary N) is 1. The average Bonchev–Trinajstić information content (AvgIpc) is 2.16. The second kappa shape index (κ2) is 9.00.